The lowest BCUT2D eigenvalue weighted by atomic mass is 9.84. The lowest BCUT2D eigenvalue weighted by Gasteiger charge is -2.28. The van der Waals surface area contributed by atoms with Crippen LogP contribution in [0.3, 0.4) is 0 Å². The van der Waals surface area contributed by atoms with Crippen LogP contribution < -0.4 is 10.6 Å². The number of hydrogen-bond donors (Lipinski definition) is 2. The molecule has 0 spiro atoms. The van der Waals surface area contributed by atoms with Gasteiger partial charge >= 0.3 is 0 Å². The van der Waals surface area contributed by atoms with Gasteiger partial charge in [0, 0.05) is 6.42 Å². The maximum absolute atomic E-state index is 12.3. The fraction of sp³-hybridized carbons (Fsp3) is 0.632. The third-order valence-electron chi connectivity index (χ3n) is 4.96. The van der Waals surface area contributed by atoms with Crippen LogP contribution in [0.5, 0.6) is 0 Å². The molecule has 3 nitrogen and oxygen atoms in total. The summed E-state index contributed by atoms with van der Waals surface area (Å²) in [5.74, 6) is 1.33. The van der Waals surface area contributed by atoms with E-state index in [1.54, 1.807) is 0 Å². The summed E-state index contributed by atoms with van der Waals surface area (Å²) in [5, 5.41) is 6.53. The van der Waals surface area contributed by atoms with Crippen LogP contribution >= 0.6 is 0 Å². The Morgan fingerprint density at radius 2 is 1.86 bits per heavy atom. The first-order valence-corrected chi connectivity index (χ1v) is 8.69. The number of benzene rings is 1. The van der Waals surface area contributed by atoms with E-state index in [9.17, 15) is 4.79 Å². The zero-order valence-electron chi connectivity index (χ0n) is 14.2. The average molecular weight is 302 g/mol. The predicted octanol–water partition coefficient (Wildman–Crippen LogP) is 3.45. The van der Waals surface area contributed by atoms with E-state index >= 15 is 0 Å². The Labute approximate surface area is 134 Å². The Hall–Kier alpha value is -1.35. The lowest BCUT2D eigenvalue weighted by molar-refractivity contribution is -0.123. The zero-order valence-corrected chi connectivity index (χ0v) is 14.2. The highest BCUT2D eigenvalue weighted by Gasteiger charge is 2.22. The molecule has 1 heterocycles. The van der Waals surface area contributed by atoms with Crippen molar-refractivity contribution in [2.75, 3.05) is 13.1 Å². The Kier molecular flexibility index (Phi) is 6.44. The molecular formula is C19H30N2O. The van der Waals surface area contributed by atoms with Gasteiger partial charge in [-0.05, 0) is 62.2 Å². The van der Waals surface area contributed by atoms with Gasteiger partial charge in [0.05, 0.1) is 6.04 Å². The van der Waals surface area contributed by atoms with Gasteiger partial charge in [-0.3, -0.25) is 4.79 Å². The maximum atomic E-state index is 12.3. The van der Waals surface area contributed by atoms with Crippen molar-refractivity contribution < 1.29 is 4.79 Å². The summed E-state index contributed by atoms with van der Waals surface area (Å²) in [5.41, 5.74) is 2.52. The molecule has 0 bridgehead atoms. The van der Waals surface area contributed by atoms with Gasteiger partial charge in [0.25, 0.3) is 0 Å². The van der Waals surface area contributed by atoms with E-state index in [1.807, 2.05) is 0 Å². The van der Waals surface area contributed by atoms with Crippen molar-refractivity contribution in [2.45, 2.75) is 52.5 Å². The highest BCUT2D eigenvalue weighted by Crippen LogP contribution is 2.24. The molecule has 0 aromatic heterocycles. The van der Waals surface area contributed by atoms with Crippen LogP contribution in [-0.4, -0.2) is 19.0 Å². The Morgan fingerprint density at radius 3 is 2.45 bits per heavy atom. The molecule has 0 aliphatic carbocycles. The van der Waals surface area contributed by atoms with E-state index in [4.69, 9.17) is 0 Å². The molecule has 1 aliphatic heterocycles. The summed E-state index contributed by atoms with van der Waals surface area (Å²) in [6, 6.07) is 8.63. The molecule has 122 valence electrons. The third kappa shape index (κ3) is 4.84. The molecule has 1 aromatic rings. The molecule has 0 radical (unpaired) electrons. The number of rotatable bonds is 6. The summed E-state index contributed by atoms with van der Waals surface area (Å²) >= 11 is 0. The molecule has 22 heavy (non-hydrogen) atoms. The fourth-order valence-corrected chi connectivity index (χ4v) is 3.30. The number of piperidine rings is 1. The van der Waals surface area contributed by atoms with Crippen LogP contribution in [0.25, 0.3) is 0 Å². The Balaban J connectivity index is 1.82. The second kappa shape index (κ2) is 8.33. The molecule has 1 aliphatic rings. The molecule has 2 atom stereocenters. The van der Waals surface area contributed by atoms with E-state index in [0.29, 0.717) is 18.3 Å². The maximum Gasteiger partial charge on any atom is 0.220 e. The summed E-state index contributed by atoms with van der Waals surface area (Å²) in [7, 11) is 0. The molecule has 1 aromatic carbocycles. The summed E-state index contributed by atoms with van der Waals surface area (Å²) < 4.78 is 0. The highest BCUT2D eigenvalue weighted by molar-refractivity contribution is 5.76. The fourth-order valence-electron chi connectivity index (χ4n) is 3.30. The standard InChI is InChI=1S/C19H30N2O/c1-4-16-5-7-18(8-6-16)15(3)21-19(22)13-14(2)17-9-11-20-12-10-17/h5-8,14-15,17,20H,4,9-13H2,1-3H3,(H,21,22). The number of carbonyl (C=O) groups is 1. The predicted molar refractivity (Wildman–Crippen MR) is 91.8 cm³/mol. The van der Waals surface area contributed by atoms with Gasteiger partial charge < -0.3 is 10.6 Å². The van der Waals surface area contributed by atoms with Crippen molar-refractivity contribution in [2.24, 2.45) is 11.8 Å². The van der Waals surface area contributed by atoms with E-state index in [2.05, 4.69) is 55.7 Å². The van der Waals surface area contributed by atoms with Crippen molar-refractivity contribution in [1.29, 1.82) is 0 Å². The van der Waals surface area contributed by atoms with E-state index < -0.39 is 0 Å². The molecule has 3 heteroatoms. The van der Waals surface area contributed by atoms with Gasteiger partial charge in [-0.1, -0.05) is 38.1 Å². The second-order valence-corrected chi connectivity index (χ2v) is 6.65. The smallest absolute Gasteiger partial charge is 0.220 e. The van der Waals surface area contributed by atoms with Gasteiger partial charge in [-0.25, -0.2) is 0 Å². The molecule has 1 saturated heterocycles. The minimum absolute atomic E-state index is 0.0821. The van der Waals surface area contributed by atoms with Crippen molar-refractivity contribution >= 4 is 5.91 Å². The van der Waals surface area contributed by atoms with E-state index in [-0.39, 0.29) is 11.9 Å². The van der Waals surface area contributed by atoms with Gasteiger partial charge in [-0.15, -0.1) is 0 Å². The summed E-state index contributed by atoms with van der Waals surface area (Å²) in [4.78, 5) is 12.3. The van der Waals surface area contributed by atoms with Crippen LogP contribution in [0, 0.1) is 11.8 Å². The van der Waals surface area contributed by atoms with Crippen molar-refractivity contribution in [1.82, 2.24) is 10.6 Å². The topological polar surface area (TPSA) is 41.1 Å². The van der Waals surface area contributed by atoms with Crippen LogP contribution in [-0.2, 0) is 11.2 Å². The Morgan fingerprint density at radius 1 is 1.23 bits per heavy atom. The molecule has 2 N–H and O–H groups in total. The highest BCUT2D eigenvalue weighted by atomic mass is 16.1. The van der Waals surface area contributed by atoms with Gasteiger partial charge in [0.15, 0.2) is 0 Å². The second-order valence-electron chi connectivity index (χ2n) is 6.65. The molecule has 1 amide bonds. The molecule has 0 saturated carbocycles. The number of nitrogens with one attached hydrogen (secondary N) is 2. The van der Waals surface area contributed by atoms with Crippen molar-refractivity contribution in [3.8, 4) is 0 Å². The first-order valence-electron chi connectivity index (χ1n) is 8.69. The van der Waals surface area contributed by atoms with Crippen molar-refractivity contribution in [3.63, 3.8) is 0 Å². The van der Waals surface area contributed by atoms with Gasteiger partial charge in [0.2, 0.25) is 5.91 Å². The first kappa shape index (κ1) is 17.0. The SMILES string of the molecule is CCc1ccc(C(C)NC(=O)CC(C)C2CCNCC2)cc1. The number of hydrogen-bond acceptors (Lipinski definition) is 2. The molecule has 1 fully saturated rings. The molecule has 2 unspecified atom stereocenters. The van der Waals surface area contributed by atoms with E-state index in [0.717, 1.165) is 19.5 Å². The Bertz CT molecular complexity index is 463. The normalized spacial score (nSPS) is 18.7. The minimum Gasteiger partial charge on any atom is -0.350 e. The van der Waals surface area contributed by atoms with Gasteiger partial charge in [0.1, 0.15) is 0 Å². The third-order valence-corrected chi connectivity index (χ3v) is 4.96. The quantitative estimate of drug-likeness (QED) is 0.845. The minimum atomic E-state index is 0.0821. The van der Waals surface area contributed by atoms with Crippen LogP contribution in [0.15, 0.2) is 24.3 Å². The van der Waals surface area contributed by atoms with Gasteiger partial charge in [-0.2, -0.15) is 0 Å². The monoisotopic (exact) mass is 302 g/mol. The van der Waals surface area contributed by atoms with E-state index in [1.165, 1.54) is 24.0 Å². The zero-order chi connectivity index (χ0) is 15.9. The first-order chi connectivity index (χ1) is 10.6. The summed E-state index contributed by atoms with van der Waals surface area (Å²) in [6.07, 6.45) is 4.09. The lowest BCUT2D eigenvalue weighted by Crippen LogP contribution is -2.34. The average Bonchev–Trinajstić information content (AvgIpc) is 2.55. The van der Waals surface area contributed by atoms with Crippen LogP contribution in [0.2, 0.25) is 0 Å². The van der Waals surface area contributed by atoms with Crippen molar-refractivity contribution in [3.05, 3.63) is 35.4 Å². The molecular weight excluding hydrogens is 272 g/mol. The van der Waals surface area contributed by atoms with Crippen LogP contribution in [0.4, 0.5) is 0 Å². The number of aryl methyl sites for hydroxylation is 1. The number of amides is 1. The largest absolute Gasteiger partial charge is 0.350 e. The summed E-state index contributed by atoms with van der Waals surface area (Å²) in [6.45, 7) is 8.63. The molecule has 2 rings (SSSR count). The number of carbonyl (C=O) groups excluding carboxylic acids is 1. The van der Waals surface area contributed by atoms with Crippen LogP contribution in [0.1, 0.15) is 57.2 Å².